The summed E-state index contributed by atoms with van der Waals surface area (Å²) >= 11 is 3.59. The summed E-state index contributed by atoms with van der Waals surface area (Å²) in [5, 5.41) is 0. The maximum atomic E-state index is 6.01. The van der Waals surface area contributed by atoms with Crippen molar-refractivity contribution in [2.45, 2.75) is 50.5 Å². The van der Waals surface area contributed by atoms with Gasteiger partial charge in [-0.3, -0.25) is 0 Å². The van der Waals surface area contributed by atoms with Gasteiger partial charge in [0, 0.05) is 4.83 Å². The third-order valence-corrected chi connectivity index (χ3v) is 3.96. The quantitative estimate of drug-likeness (QED) is 0.746. The van der Waals surface area contributed by atoms with E-state index in [0.717, 1.165) is 18.6 Å². The van der Waals surface area contributed by atoms with Crippen LogP contribution >= 0.6 is 15.9 Å². The zero-order valence-electron chi connectivity index (χ0n) is 10.2. The summed E-state index contributed by atoms with van der Waals surface area (Å²) in [6.07, 6.45) is 2.67. The molecule has 0 spiro atoms. The molecule has 0 aromatic heterocycles. The van der Waals surface area contributed by atoms with Crippen molar-refractivity contribution in [2.24, 2.45) is 0 Å². The van der Waals surface area contributed by atoms with Gasteiger partial charge in [0.15, 0.2) is 0 Å². The standard InChI is InChI=1S/C14H19BrO/c1-9(2)11-5-4-10(3)14(6-11)16-13-7-12(15)8-13/h4-6,9,12-13H,7-8H2,1-3H3. The summed E-state index contributed by atoms with van der Waals surface area (Å²) < 4.78 is 6.01. The molecule has 1 aromatic rings. The van der Waals surface area contributed by atoms with E-state index in [2.05, 4.69) is 54.9 Å². The first-order valence-electron chi connectivity index (χ1n) is 5.97. The van der Waals surface area contributed by atoms with Crippen LogP contribution in [0.2, 0.25) is 0 Å². The predicted octanol–water partition coefficient (Wildman–Crippen LogP) is 4.42. The van der Waals surface area contributed by atoms with Crippen molar-refractivity contribution in [3.8, 4) is 5.75 Å². The van der Waals surface area contributed by atoms with Crippen LogP contribution in [0.15, 0.2) is 18.2 Å². The number of hydrogen-bond donors (Lipinski definition) is 0. The van der Waals surface area contributed by atoms with E-state index in [9.17, 15) is 0 Å². The van der Waals surface area contributed by atoms with Crippen molar-refractivity contribution in [3.05, 3.63) is 29.3 Å². The van der Waals surface area contributed by atoms with Gasteiger partial charge in [-0.15, -0.1) is 0 Å². The van der Waals surface area contributed by atoms with Gasteiger partial charge in [0.1, 0.15) is 11.9 Å². The summed E-state index contributed by atoms with van der Waals surface area (Å²) in [5.41, 5.74) is 2.60. The molecule has 0 amide bonds. The fourth-order valence-corrected chi connectivity index (χ4v) is 2.71. The number of benzene rings is 1. The fraction of sp³-hybridized carbons (Fsp3) is 0.571. The largest absolute Gasteiger partial charge is 0.490 e. The topological polar surface area (TPSA) is 9.23 Å². The number of alkyl halides is 1. The summed E-state index contributed by atoms with van der Waals surface area (Å²) in [4.78, 5) is 0.658. The summed E-state index contributed by atoms with van der Waals surface area (Å²) in [7, 11) is 0. The van der Waals surface area contributed by atoms with Crippen molar-refractivity contribution >= 4 is 15.9 Å². The lowest BCUT2D eigenvalue weighted by Crippen LogP contribution is -2.34. The molecule has 0 atom stereocenters. The second-order valence-corrected chi connectivity index (χ2v) is 6.28. The second kappa shape index (κ2) is 4.79. The van der Waals surface area contributed by atoms with E-state index in [1.54, 1.807) is 0 Å². The summed E-state index contributed by atoms with van der Waals surface area (Å²) in [6, 6.07) is 6.55. The molecule has 2 heteroatoms. The van der Waals surface area contributed by atoms with Crippen molar-refractivity contribution in [3.63, 3.8) is 0 Å². The van der Waals surface area contributed by atoms with E-state index in [1.807, 2.05) is 0 Å². The Balaban J connectivity index is 2.09. The zero-order chi connectivity index (χ0) is 11.7. The third kappa shape index (κ3) is 2.60. The Hall–Kier alpha value is -0.500. The highest BCUT2D eigenvalue weighted by Gasteiger charge is 2.28. The third-order valence-electron chi connectivity index (χ3n) is 3.21. The van der Waals surface area contributed by atoms with Gasteiger partial charge >= 0.3 is 0 Å². The minimum Gasteiger partial charge on any atom is -0.490 e. The van der Waals surface area contributed by atoms with E-state index < -0.39 is 0 Å². The molecule has 88 valence electrons. The molecule has 1 nitrogen and oxygen atoms in total. The Bertz CT molecular complexity index is 367. The van der Waals surface area contributed by atoms with Gasteiger partial charge in [-0.2, -0.15) is 0 Å². The van der Waals surface area contributed by atoms with Gasteiger partial charge in [-0.05, 0) is 42.9 Å². The summed E-state index contributed by atoms with van der Waals surface area (Å²) in [5.74, 6) is 1.63. The fourth-order valence-electron chi connectivity index (χ4n) is 1.88. The number of rotatable bonds is 3. The number of aryl methyl sites for hydroxylation is 1. The Labute approximate surface area is 106 Å². The lowest BCUT2D eigenvalue weighted by molar-refractivity contribution is 0.127. The molecule has 1 saturated carbocycles. The molecule has 0 aliphatic heterocycles. The van der Waals surface area contributed by atoms with E-state index in [-0.39, 0.29) is 0 Å². The molecule has 0 saturated heterocycles. The van der Waals surface area contributed by atoms with Gasteiger partial charge < -0.3 is 4.74 Å². The van der Waals surface area contributed by atoms with Crippen LogP contribution in [0, 0.1) is 6.92 Å². The molecule has 1 aliphatic rings. The van der Waals surface area contributed by atoms with Crippen LogP contribution in [0.1, 0.15) is 43.7 Å². The Morgan fingerprint density at radius 1 is 1.31 bits per heavy atom. The van der Waals surface area contributed by atoms with Crippen molar-refractivity contribution in [1.82, 2.24) is 0 Å². The van der Waals surface area contributed by atoms with E-state index in [4.69, 9.17) is 4.74 Å². The molecular weight excluding hydrogens is 264 g/mol. The van der Waals surface area contributed by atoms with Crippen LogP contribution in [0.5, 0.6) is 5.75 Å². The Kier molecular flexibility index (Phi) is 3.58. The molecule has 1 aromatic carbocycles. The Morgan fingerprint density at radius 2 is 2.00 bits per heavy atom. The molecule has 1 aliphatic carbocycles. The molecule has 16 heavy (non-hydrogen) atoms. The average molecular weight is 283 g/mol. The number of ether oxygens (including phenoxy) is 1. The van der Waals surface area contributed by atoms with E-state index in [0.29, 0.717) is 16.8 Å². The van der Waals surface area contributed by atoms with Crippen LogP contribution in [-0.4, -0.2) is 10.9 Å². The highest BCUT2D eigenvalue weighted by atomic mass is 79.9. The van der Waals surface area contributed by atoms with Crippen LogP contribution in [0.25, 0.3) is 0 Å². The first-order valence-corrected chi connectivity index (χ1v) is 6.89. The smallest absolute Gasteiger partial charge is 0.122 e. The van der Waals surface area contributed by atoms with E-state index in [1.165, 1.54) is 11.1 Å². The van der Waals surface area contributed by atoms with Crippen LogP contribution in [0.4, 0.5) is 0 Å². The first-order chi connectivity index (χ1) is 7.56. The van der Waals surface area contributed by atoms with Gasteiger partial charge in [0.25, 0.3) is 0 Å². The monoisotopic (exact) mass is 282 g/mol. The van der Waals surface area contributed by atoms with E-state index >= 15 is 0 Å². The van der Waals surface area contributed by atoms with Gasteiger partial charge in [0.2, 0.25) is 0 Å². The maximum absolute atomic E-state index is 6.01. The van der Waals surface area contributed by atoms with Crippen molar-refractivity contribution in [2.75, 3.05) is 0 Å². The van der Waals surface area contributed by atoms with Crippen LogP contribution in [-0.2, 0) is 0 Å². The summed E-state index contributed by atoms with van der Waals surface area (Å²) in [6.45, 7) is 6.54. The predicted molar refractivity (Wildman–Crippen MR) is 71.6 cm³/mol. The molecule has 0 radical (unpaired) electrons. The van der Waals surface area contributed by atoms with Gasteiger partial charge in [-0.25, -0.2) is 0 Å². The zero-order valence-corrected chi connectivity index (χ0v) is 11.8. The highest BCUT2D eigenvalue weighted by Crippen LogP contribution is 2.33. The molecule has 0 unspecified atom stereocenters. The van der Waals surface area contributed by atoms with Crippen LogP contribution < -0.4 is 4.74 Å². The Morgan fingerprint density at radius 3 is 2.56 bits per heavy atom. The molecule has 0 bridgehead atoms. The van der Waals surface area contributed by atoms with Gasteiger partial charge in [0.05, 0.1) is 0 Å². The second-order valence-electron chi connectivity index (χ2n) is 4.99. The molecular formula is C14H19BrO. The van der Waals surface area contributed by atoms with Crippen LogP contribution in [0.3, 0.4) is 0 Å². The average Bonchev–Trinajstić information content (AvgIpc) is 2.18. The molecule has 1 fully saturated rings. The maximum Gasteiger partial charge on any atom is 0.122 e. The van der Waals surface area contributed by atoms with Crippen molar-refractivity contribution < 1.29 is 4.74 Å². The first kappa shape index (κ1) is 12.0. The normalized spacial score (nSPS) is 24.3. The van der Waals surface area contributed by atoms with Crippen molar-refractivity contribution in [1.29, 1.82) is 0 Å². The molecule has 2 rings (SSSR count). The minimum atomic E-state index is 0.408. The lowest BCUT2D eigenvalue weighted by Gasteiger charge is -2.32. The number of hydrogen-bond acceptors (Lipinski definition) is 1. The minimum absolute atomic E-state index is 0.408. The van der Waals surface area contributed by atoms with Gasteiger partial charge in [-0.1, -0.05) is 41.9 Å². The molecule has 0 N–H and O–H groups in total. The molecule has 0 heterocycles. The highest BCUT2D eigenvalue weighted by molar-refractivity contribution is 9.09. The lowest BCUT2D eigenvalue weighted by atomic mass is 9.95. The SMILES string of the molecule is Cc1ccc(C(C)C)cc1OC1CC(Br)C1. The number of halogens is 1.